The van der Waals surface area contributed by atoms with Crippen LogP contribution in [0.5, 0.6) is 0 Å². The highest BCUT2D eigenvalue weighted by atomic mass is 16.1. The summed E-state index contributed by atoms with van der Waals surface area (Å²) in [6.07, 6.45) is 0.773. The fourth-order valence-corrected chi connectivity index (χ4v) is 1.32. The second kappa shape index (κ2) is 4.37. The van der Waals surface area contributed by atoms with E-state index in [0.29, 0.717) is 6.54 Å². The zero-order valence-electron chi connectivity index (χ0n) is 8.95. The lowest BCUT2D eigenvalue weighted by Gasteiger charge is -2.13. The highest BCUT2D eigenvalue weighted by molar-refractivity contribution is 5.13. The molecule has 1 rings (SSSR count). The van der Waals surface area contributed by atoms with Crippen molar-refractivity contribution in [2.45, 2.75) is 33.2 Å². The molecule has 1 aromatic heterocycles. The van der Waals surface area contributed by atoms with Gasteiger partial charge in [-0.05, 0) is 39.3 Å². The molecule has 0 aliphatic carbocycles. The van der Waals surface area contributed by atoms with Crippen molar-refractivity contribution in [1.82, 2.24) is 9.78 Å². The molecular weight excluding hydrogens is 178 g/mol. The molecule has 1 atom stereocenters. The van der Waals surface area contributed by atoms with E-state index in [9.17, 15) is 4.79 Å². The maximum atomic E-state index is 11.6. The fraction of sp³-hybridized carbons (Fsp3) is 0.600. The largest absolute Gasteiger partial charge is 0.330 e. The average molecular weight is 195 g/mol. The van der Waals surface area contributed by atoms with Gasteiger partial charge in [0.1, 0.15) is 0 Å². The molecule has 0 fully saturated rings. The third kappa shape index (κ3) is 2.20. The van der Waals surface area contributed by atoms with E-state index in [1.54, 1.807) is 6.07 Å². The average Bonchev–Trinajstić information content (AvgIpc) is 2.11. The number of nitrogens with zero attached hydrogens (tertiary/aromatic N) is 2. The van der Waals surface area contributed by atoms with Crippen LogP contribution in [0.4, 0.5) is 0 Å². The van der Waals surface area contributed by atoms with Crippen molar-refractivity contribution in [3.63, 3.8) is 0 Å². The van der Waals surface area contributed by atoms with Crippen LogP contribution in [0.25, 0.3) is 0 Å². The summed E-state index contributed by atoms with van der Waals surface area (Å²) in [4.78, 5) is 11.6. The minimum Gasteiger partial charge on any atom is -0.330 e. The lowest BCUT2D eigenvalue weighted by molar-refractivity contribution is 0.438. The van der Waals surface area contributed by atoms with Gasteiger partial charge >= 0.3 is 0 Å². The van der Waals surface area contributed by atoms with E-state index in [1.807, 2.05) is 20.8 Å². The molecule has 0 aliphatic heterocycles. The lowest BCUT2D eigenvalue weighted by Crippen LogP contribution is -2.27. The summed E-state index contributed by atoms with van der Waals surface area (Å²) < 4.78 is 1.51. The topological polar surface area (TPSA) is 60.9 Å². The van der Waals surface area contributed by atoms with Gasteiger partial charge in [0.15, 0.2) is 0 Å². The van der Waals surface area contributed by atoms with E-state index in [2.05, 4.69) is 5.10 Å². The number of nitrogens with two attached hydrogens (primary N) is 1. The molecule has 4 heteroatoms. The second-order valence-electron chi connectivity index (χ2n) is 3.62. The monoisotopic (exact) mass is 195 g/mol. The van der Waals surface area contributed by atoms with Crippen molar-refractivity contribution in [2.75, 3.05) is 6.54 Å². The van der Waals surface area contributed by atoms with E-state index in [0.717, 1.165) is 17.7 Å². The van der Waals surface area contributed by atoms with Gasteiger partial charge in [0.25, 0.3) is 5.56 Å². The smallest absolute Gasteiger partial charge is 0.267 e. The second-order valence-corrected chi connectivity index (χ2v) is 3.62. The first-order chi connectivity index (χ1) is 6.56. The third-order valence-electron chi connectivity index (χ3n) is 2.40. The summed E-state index contributed by atoms with van der Waals surface area (Å²) in [6, 6.07) is 1.70. The molecular formula is C10H17N3O. The number of rotatable bonds is 3. The molecule has 1 aromatic rings. The van der Waals surface area contributed by atoms with Crippen molar-refractivity contribution < 1.29 is 0 Å². The van der Waals surface area contributed by atoms with Gasteiger partial charge in [0.05, 0.1) is 11.7 Å². The highest BCUT2D eigenvalue weighted by Gasteiger charge is 2.08. The van der Waals surface area contributed by atoms with Crippen LogP contribution in [-0.2, 0) is 0 Å². The van der Waals surface area contributed by atoms with Gasteiger partial charge < -0.3 is 5.73 Å². The molecule has 0 bridgehead atoms. The number of aryl methyl sites for hydroxylation is 2. The minimum absolute atomic E-state index is 0.0472. The zero-order chi connectivity index (χ0) is 10.7. The molecule has 2 N–H and O–H groups in total. The van der Waals surface area contributed by atoms with E-state index in [4.69, 9.17) is 5.73 Å². The van der Waals surface area contributed by atoms with Crippen LogP contribution in [0.15, 0.2) is 10.9 Å². The summed E-state index contributed by atoms with van der Waals surface area (Å²) in [6.45, 7) is 6.32. The van der Waals surface area contributed by atoms with E-state index in [1.165, 1.54) is 4.68 Å². The Balaban J connectivity index is 3.09. The Bertz CT molecular complexity index is 370. The Morgan fingerprint density at radius 3 is 2.79 bits per heavy atom. The third-order valence-corrected chi connectivity index (χ3v) is 2.40. The number of hydrogen-bond acceptors (Lipinski definition) is 3. The molecule has 0 unspecified atom stereocenters. The molecule has 78 valence electrons. The van der Waals surface area contributed by atoms with Gasteiger partial charge in [0, 0.05) is 6.07 Å². The Morgan fingerprint density at radius 2 is 2.21 bits per heavy atom. The normalized spacial score (nSPS) is 12.9. The SMILES string of the molecule is Cc1cc(=O)n([C@@H](C)CCN)nc1C. The molecule has 1 heterocycles. The van der Waals surface area contributed by atoms with Crippen LogP contribution in [0.1, 0.15) is 30.6 Å². The zero-order valence-corrected chi connectivity index (χ0v) is 8.95. The maximum Gasteiger partial charge on any atom is 0.267 e. The van der Waals surface area contributed by atoms with Crippen molar-refractivity contribution in [3.8, 4) is 0 Å². The van der Waals surface area contributed by atoms with Gasteiger partial charge in [-0.15, -0.1) is 0 Å². The van der Waals surface area contributed by atoms with E-state index < -0.39 is 0 Å². The van der Waals surface area contributed by atoms with Crippen molar-refractivity contribution in [1.29, 1.82) is 0 Å². The predicted molar refractivity (Wildman–Crippen MR) is 56.4 cm³/mol. The van der Waals surface area contributed by atoms with Gasteiger partial charge in [-0.2, -0.15) is 5.10 Å². The summed E-state index contributed by atoms with van der Waals surface area (Å²) in [7, 11) is 0. The van der Waals surface area contributed by atoms with Crippen molar-refractivity contribution >= 4 is 0 Å². The van der Waals surface area contributed by atoms with Gasteiger partial charge in [0.2, 0.25) is 0 Å². The first-order valence-electron chi connectivity index (χ1n) is 4.83. The van der Waals surface area contributed by atoms with Crippen LogP contribution in [-0.4, -0.2) is 16.3 Å². The maximum absolute atomic E-state index is 11.6. The Hall–Kier alpha value is -1.16. The van der Waals surface area contributed by atoms with E-state index >= 15 is 0 Å². The molecule has 0 spiro atoms. The Morgan fingerprint density at radius 1 is 1.57 bits per heavy atom. The van der Waals surface area contributed by atoms with Gasteiger partial charge in [-0.25, -0.2) is 4.68 Å². The van der Waals surface area contributed by atoms with Gasteiger partial charge in [-0.3, -0.25) is 4.79 Å². The van der Waals surface area contributed by atoms with E-state index in [-0.39, 0.29) is 11.6 Å². The predicted octanol–water partition coefficient (Wildman–Crippen LogP) is 0.770. The first kappa shape index (κ1) is 10.9. The standard InChI is InChI=1S/C10H17N3O/c1-7-6-10(14)13(12-9(7)3)8(2)4-5-11/h6,8H,4-5,11H2,1-3H3/t8-/m0/s1. The Labute approximate surface area is 83.7 Å². The molecule has 0 aromatic carbocycles. The van der Waals surface area contributed by atoms with Crippen LogP contribution < -0.4 is 11.3 Å². The molecule has 0 saturated heterocycles. The van der Waals surface area contributed by atoms with Crippen LogP contribution in [0.3, 0.4) is 0 Å². The minimum atomic E-state index is -0.0472. The first-order valence-corrected chi connectivity index (χ1v) is 4.83. The summed E-state index contributed by atoms with van der Waals surface area (Å²) >= 11 is 0. The Kier molecular flexibility index (Phi) is 3.41. The molecule has 14 heavy (non-hydrogen) atoms. The van der Waals surface area contributed by atoms with Crippen LogP contribution in [0.2, 0.25) is 0 Å². The summed E-state index contributed by atoms with van der Waals surface area (Å²) in [5.74, 6) is 0. The summed E-state index contributed by atoms with van der Waals surface area (Å²) in [5, 5.41) is 4.24. The van der Waals surface area contributed by atoms with Crippen LogP contribution >= 0.6 is 0 Å². The highest BCUT2D eigenvalue weighted by Crippen LogP contribution is 2.06. The molecule has 0 aliphatic rings. The fourth-order valence-electron chi connectivity index (χ4n) is 1.32. The summed E-state index contributed by atoms with van der Waals surface area (Å²) in [5.41, 5.74) is 7.23. The van der Waals surface area contributed by atoms with Crippen molar-refractivity contribution in [2.24, 2.45) is 5.73 Å². The molecule has 0 saturated carbocycles. The lowest BCUT2D eigenvalue weighted by atomic mass is 10.2. The molecule has 4 nitrogen and oxygen atoms in total. The number of aromatic nitrogens is 2. The quantitative estimate of drug-likeness (QED) is 0.775. The number of hydrogen-bond donors (Lipinski definition) is 1. The molecule has 0 radical (unpaired) electrons. The molecule has 0 amide bonds. The van der Waals surface area contributed by atoms with Crippen molar-refractivity contribution in [3.05, 3.63) is 27.7 Å². The van der Waals surface area contributed by atoms with Crippen LogP contribution in [0, 0.1) is 13.8 Å². The van der Waals surface area contributed by atoms with Gasteiger partial charge in [-0.1, -0.05) is 0 Å².